The predicted molar refractivity (Wildman–Crippen MR) is 108 cm³/mol. The molecule has 0 aromatic heterocycles. The third kappa shape index (κ3) is 6.47. The average Bonchev–Trinajstić information content (AvgIpc) is 2.88. The van der Waals surface area contributed by atoms with Gasteiger partial charge >= 0.3 is 58.6 Å². The fraction of sp³-hybridized carbons (Fsp3) is 1.00. The van der Waals surface area contributed by atoms with Crippen molar-refractivity contribution in [1.82, 2.24) is 0 Å². The van der Waals surface area contributed by atoms with Crippen LogP contribution in [-0.4, -0.2) is 109 Å². The number of rotatable bonds is 15. The van der Waals surface area contributed by atoms with E-state index in [0.29, 0.717) is 0 Å². The van der Waals surface area contributed by atoms with Crippen molar-refractivity contribution in [3.63, 3.8) is 0 Å². The summed E-state index contributed by atoms with van der Waals surface area (Å²) >= 11 is 0. The summed E-state index contributed by atoms with van der Waals surface area (Å²) in [5.74, 6) is -79.4. The molecule has 4 nitrogen and oxygen atoms in total. The molecule has 0 fully saturated rings. The number of quaternary nitrogens is 1. The van der Waals surface area contributed by atoms with Gasteiger partial charge in [-0.25, -0.2) is 12.8 Å². The SMILES string of the molecule is CC[N+](CC)(CC)CC.O=S(=O)([O-])C(F)(F)C(F)(F)C(F)(F)C(F)(F)C(F)(F)C(F)(F)C(F)(F)C(F)(F)C(F)(F)C(F)(F)CF. The van der Waals surface area contributed by atoms with Gasteiger partial charge in [0.2, 0.25) is 0 Å². The number of halogens is 21. The summed E-state index contributed by atoms with van der Waals surface area (Å²) in [5, 5.41) is -8.17. The Balaban J connectivity index is 0. The molecule has 0 N–H and O–H groups in total. The summed E-state index contributed by atoms with van der Waals surface area (Å²) < 4.78 is 305. The molecule has 0 aliphatic carbocycles. The maximum Gasteiger partial charge on any atom is 0.402 e. The zero-order valence-electron chi connectivity index (χ0n) is 22.6. The largest absolute Gasteiger partial charge is 0.743 e. The second-order valence-electron chi connectivity index (χ2n) is 9.01. The van der Waals surface area contributed by atoms with Crippen LogP contribution < -0.4 is 0 Å². The highest BCUT2D eigenvalue weighted by atomic mass is 32.2. The Bertz CT molecular complexity index is 1090. The van der Waals surface area contributed by atoms with Crippen LogP contribution in [0.4, 0.5) is 92.2 Å². The highest BCUT2D eigenvalue weighted by molar-refractivity contribution is 7.86. The van der Waals surface area contributed by atoms with E-state index in [9.17, 15) is 105 Å². The Morgan fingerprint density at radius 3 is 0.800 bits per heavy atom. The minimum absolute atomic E-state index is 1.28. The van der Waals surface area contributed by atoms with Crippen LogP contribution in [0.3, 0.4) is 0 Å². The Labute approximate surface area is 239 Å². The molecule has 0 heterocycles. The first-order valence-electron chi connectivity index (χ1n) is 11.4. The van der Waals surface area contributed by atoms with Gasteiger partial charge in [0, 0.05) is 0 Å². The van der Waals surface area contributed by atoms with Crippen LogP contribution in [0.5, 0.6) is 0 Å². The van der Waals surface area contributed by atoms with E-state index in [1.54, 1.807) is 0 Å². The van der Waals surface area contributed by atoms with Gasteiger partial charge < -0.3 is 9.04 Å². The minimum Gasteiger partial charge on any atom is -0.743 e. The third-order valence-electron chi connectivity index (χ3n) is 6.75. The lowest BCUT2D eigenvalue weighted by Crippen LogP contribution is -2.77. The molecule has 0 rings (SSSR count). The first-order chi connectivity index (χ1) is 19.3. The minimum atomic E-state index is -9.37. The van der Waals surface area contributed by atoms with Crippen molar-refractivity contribution in [3.05, 3.63) is 0 Å². The topological polar surface area (TPSA) is 57.2 Å². The van der Waals surface area contributed by atoms with E-state index in [1.165, 1.54) is 30.7 Å². The summed E-state index contributed by atoms with van der Waals surface area (Å²) in [5.41, 5.74) is 0. The fourth-order valence-corrected chi connectivity index (χ4v) is 3.62. The molecule has 0 saturated carbocycles. The summed E-state index contributed by atoms with van der Waals surface area (Å²) in [7, 11) is -8.34. The Morgan fingerprint density at radius 1 is 0.444 bits per heavy atom. The van der Waals surface area contributed by atoms with Gasteiger partial charge in [-0.1, -0.05) is 0 Å². The summed E-state index contributed by atoms with van der Waals surface area (Å²) in [6.07, 6.45) is 0. The van der Waals surface area contributed by atoms with Gasteiger partial charge in [0.1, 0.15) is 0 Å². The zero-order chi connectivity index (χ0) is 37.5. The maximum atomic E-state index is 13.4. The quantitative estimate of drug-likeness (QED) is 0.0983. The van der Waals surface area contributed by atoms with Gasteiger partial charge in [-0.3, -0.25) is 0 Å². The number of hydrogen-bond acceptors (Lipinski definition) is 3. The van der Waals surface area contributed by atoms with Crippen molar-refractivity contribution in [2.75, 3.05) is 32.9 Å². The van der Waals surface area contributed by atoms with E-state index in [-0.39, 0.29) is 0 Å². The Kier molecular flexibility index (Phi) is 12.9. The van der Waals surface area contributed by atoms with E-state index in [0.717, 1.165) is 0 Å². The normalized spacial score (nSPS) is 16.0. The highest BCUT2D eigenvalue weighted by Gasteiger charge is 2.98. The van der Waals surface area contributed by atoms with E-state index in [4.69, 9.17) is 0 Å². The molecule has 0 saturated heterocycles. The van der Waals surface area contributed by atoms with E-state index in [2.05, 4.69) is 27.7 Å². The average molecular weight is 743 g/mol. The molecule has 0 bridgehead atoms. The van der Waals surface area contributed by atoms with Gasteiger partial charge in [-0.15, -0.1) is 0 Å². The van der Waals surface area contributed by atoms with E-state index >= 15 is 0 Å². The molecule has 0 amide bonds. The van der Waals surface area contributed by atoms with Crippen LogP contribution in [0.25, 0.3) is 0 Å². The van der Waals surface area contributed by atoms with Crippen molar-refractivity contribution < 1.29 is 110 Å². The van der Waals surface area contributed by atoms with Crippen molar-refractivity contribution in [1.29, 1.82) is 0 Å². The number of hydrogen-bond donors (Lipinski definition) is 0. The molecule has 26 heteroatoms. The molecule has 0 aliphatic rings. The molecule has 0 radical (unpaired) electrons. The first kappa shape index (κ1) is 45.5. The van der Waals surface area contributed by atoms with Crippen LogP contribution in [0, 0.1) is 0 Å². The fourth-order valence-electron chi connectivity index (χ4n) is 3.18. The maximum absolute atomic E-state index is 13.4. The summed E-state index contributed by atoms with van der Waals surface area (Å²) in [4.78, 5) is 0. The van der Waals surface area contributed by atoms with Crippen LogP contribution in [0.2, 0.25) is 0 Å². The lowest BCUT2D eigenvalue weighted by atomic mass is 9.86. The first-order valence-corrected chi connectivity index (χ1v) is 12.9. The second kappa shape index (κ2) is 12.8. The van der Waals surface area contributed by atoms with Crippen molar-refractivity contribution in [2.45, 2.75) is 86.3 Å². The lowest BCUT2D eigenvalue weighted by Gasteiger charge is -2.45. The third-order valence-corrected chi connectivity index (χ3v) is 7.63. The van der Waals surface area contributed by atoms with Gasteiger partial charge in [0.05, 0.1) is 26.2 Å². The number of alkyl halides is 21. The molecule has 0 aromatic carbocycles. The van der Waals surface area contributed by atoms with Crippen LogP contribution in [-0.2, 0) is 10.1 Å². The predicted octanol–water partition coefficient (Wildman–Crippen LogP) is 7.69. The van der Waals surface area contributed by atoms with E-state index < -0.39 is 75.4 Å². The van der Waals surface area contributed by atoms with Gasteiger partial charge in [-0.2, -0.15) is 87.8 Å². The van der Waals surface area contributed by atoms with Gasteiger partial charge in [0.25, 0.3) is 0 Å². The highest BCUT2D eigenvalue weighted by Crippen LogP contribution is 2.66. The molecule has 45 heavy (non-hydrogen) atoms. The smallest absolute Gasteiger partial charge is 0.402 e. The molecule has 0 aromatic rings. The van der Waals surface area contributed by atoms with Gasteiger partial charge in [0.15, 0.2) is 16.8 Å². The Morgan fingerprint density at radius 2 is 0.644 bits per heavy atom. The summed E-state index contributed by atoms with van der Waals surface area (Å²) in [6, 6.07) is 0. The molecule has 0 spiro atoms. The standard InChI is InChI=1S/C11H3F21O3S.C8H20N/c12-1-2(13,14)3(15,16)4(17,18)5(19,20)6(21,22)7(23,24)8(25,26)9(27,28)10(29,30)11(31,32)36(33,34)35;1-5-9(6-2,7-3)8-4/h1H2,(H,33,34,35);5-8H2,1-4H3/q;+1/p-1. The molecular formula is C19H22F21NO3S. The molecule has 0 unspecified atom stereocenters. The van der Waals surface area contributed by atoms with Gasteiger partial charge in [-0.05, 0) is 27.7 Å². The van der Waals surface area contributed by atoms with Crippen molar-refractivity contribution >= 4 is 10.1 Å². The summed E-state index contributed by atoms with van der Waals surface area (Å²) in [6.45, 7) is 10.0. The molecule has 0 aliphatic heterocycles. The van der Waals surface area contributed by atoms with Crippen LogP contribution >= 0.6 is 0 Å². The van der Waals surface area contributed by atoms with Crippen LogP contribution in [0.15, 0.2) is 0 Å². The second-order valence-corrected chi connectivity index (χ2v) is 10.4. The Hall–Kier alpha value is -1.60. The van der Waals surface area contributed by atoms with Crippen molar-refractivity contribution in [3.8, 4) is 0 Å². The molecular weight excluding hydrogens is 721 g/mol. The van der Waals surface area contributed by atoms with Crippen molar-refractivity contribution in [2.24, 2.45) is 0 Å². The number of nitrogens with zero attached hydrogens (tertiary/aromatic N) is 1. The lowest BCUT2D eigenvalue weighted by molar-refractivity contribution is -0.921. The van der Waals surface area contributed by atoms with Crippen LogP contribution in [0.1, 0.15) is 27.7 Å². The van der Waals surface area contributed by atoms with E-state index in [1.807, 2.05) is 0 Å². The monoisotopic (exact) mass is 743 g/mol. The zero-order valence-corrected chi connectivity index (χ0v) is 23.4. The molecule has 274 valence electrons. The molecule has 0 atom stereocenters.